The third kappa shape index (κ3) is 4.94. The summed E-state index contributed by atoms with van der Waals surface area (Å²) in [5.41, 5.74) is 7.06. The van der Waals surface area contributed by atoms with E-state index in [4.69, 9.17) is 10.7 Å². The maximum absolute atomic E-state index is 13.6. The van der Waals surface area contributed by atoms with E-state index in [1.807, 2.05) is 6.07 Å². The number of hydrogen-bond donors (Lipinski definition) is 2. The van der Waals surface area contributed by atoms with Gasteiger partial charge < -0.3 is 16.0 Å². The predicted octanol–water partition coefficient (Wildman–Crippen LogP) is 3.84. The molecule has 2 aliphatic rings. The van der Waals surface area contributed by atoms with Crippen LogP contribution in [0.2, 0.25) is 0 Å². The fourth-order valence-corrected chi connectivity index (χ4v) is 4.18. The monoisotopic (exact) mass is 346 g/mol. The molecule has 25 heavy (non-hydrogen) atoms. The van der Waals surface area contributed by atoms with Gasteiger partial charge in [-0.15, -0.1) is 0 Å². The van der Waals surface area contributed by atoms with E-state index in [1.54, 1.807) is 6.07 Å². The van der Waals surface area contributed by atoms with Crippen molar-refractivity contribution in [1.82, 2.24) is 4.90 Å². The van der Waals surface area contributed by atoms with Crippen LogP contribution in [-0.4, -0.2) is 36.0 Å². The summed E-state index contributed by atoms with van der Waals surface area (Å²) in [7, 11) is 0. The Kier molecular flexibility index (Phi) is 5.94. The van der Waals surface area contributed by atoms with Gasteiger partial charge in [0.15, 0.2) is 5.96 Å². The zero-order chi connectivity index (χ0) is 17.8. The number of halogens is 1. The molecule has 138 valence electrons. The number of piperidine rings is 1. The maximum atomic E-state index is 13.6. The third-order valence-corrected chi connectivity index (χ3v) is 5.32. The zero-order valence-electron chi connectivity index (χ0n) is 15.4. The van der Waals surface area contributed by atoms with Gasteiger partial charge in [0.1, 0.15) is 5.82 Å². The second kappa shape index (κ2) is 8.17. The number of hydrogen-bond acceptors (Lipinski definition) is 2. The molecule has 1 heterocycles. The number of guanidine groups is 1. The summed E-state index contributed by atoms with van der Waals surface area (Å²) in [6, 6.07) is 6.87. The molecule has 2 fully saturated rings. The molecule has 1 aliphatic heterocycles. The van der Waals surface area contributed by atoms with Crippen LogP contribution in [-0.2, 0) is 0 Å². The molecule has 0 radical (unpaired) electrons. The minimum Gasteiger partial charge on any atom is -0.342 e. The van der Waals surface area contributed by atoms with Gasteiger partial charge in [-0.1, -0.05) is 32.8 Å². The topological polar surface area (TPSA) is 53.6 Å². The van der Waals surface area contributed by atoms with Crippen LogP contribution in [0.3, 0.4) is 0 Å². The highest BCUT2D eigenvalue weighted by molar-refractivity contribution is 5.94. The number of nitrogens with one attached hydrogen (secondary N) is 1. The molecular formula is C20H31FN4. The number of likely N-dealkylation sites (tertiary alicyclic amines) is 1. The van der Waals surface area contributed by atoms with Crippen molar-refractivity contribution in [2.75, 3.05) is 18.4 Å². The van der Waals surface area contributed by atoms with E-state index < -0.39 is 0 Å². The zero-order valence-corrected chi connectivity index (χ0v) is 15.4. The Hall–Kier alpha value is -1.62. The quantitative estimate of drug-likeness (QED) is 0.632. The molecule has 3 rings (SSSR count). The Morgan fingerprint density at radius 1 is 1.20 bits per heavy atom. The van der Waals surface area contributed by atoms with Crippen LogP contribution in [0.25, 0.3) is 0 Å². The molecule has 2 unspecified atom stereocenters. The summed E-state index contributed by atoms with van der Waals surface area (Å²) in [5.74, 6) is 1.87. The first kappa shape index (κ1) is 18.2. The Labute approximate surface area is 150 Å². The van der Waals surface area contributed by atoms with E-state index >= 15 is 0 Å². The fraction of sp³-hybridized carbons (Fsp3) is 0.650. The van der Waals surface area contributed by atoms with Gasteiger partial charge in [0.2, 0.25) is 0 Å². The molecule has 1 aromatic carbocycles. The van der Waals surface area contributed by atoms with Gasteiger partial charge in [-0.2, -0.15) is 0 Å². The Morgan fingerprint density at radius 2 is 1.92 bits per heavy atom. The lowest BCUT2D eigenvalue weighted by Gasteiger charge is -2.38. The lowest BCUT2D eigenvalue weighted by molar-refractivity contribution is 0.211. The highest BCUT2D eigenvalue weighted by Crippen LogP contribution is 2.24. The van der Waals surface area contributed by atoms with Gasteiger partial charge in [0.05, 0.1) is 6.04 Å². The Balaban J connectivity index is 1.84. The van der Waals surface area contributed by atoms with E-state index in [-0.39, 0.29) is 17.9 Å². The van der Waals surface area contributed by atoms with Crippen LogP contribution in [0.4, 0.5) is 10.1 Å². The molecular weight excluding hydrogens is 315 g/mol. The molecule has 1 saturated carbocycles. The predicted molar refractivity (Wildman–Crippen MR) is 102 cm³/mol. The SMILES string of the molecule is CC1CC(C)CN(C(=N[C@H]2CCCC[C@@H]2N)Nc2cccc(F)c2)C1. The van der Waals surface area contributed by atoms with Gasteiger partial charge in [0, 0.05) is 24.8 Å². The number of nitrogens with zero attached hydrogens (tertiary/aromatic N) is 2. The Bertz CT molecular complexity index is 593. The Morgan fingerprint density at radius 3 is 2.60 bits per heavy atom. The van der Waals surface area contributed by atoms with Gasteiger partial charge in [-0.05, 0) is 49.3 Å². The van der Waals surface area contributed by atoms with Crippen molar-refractivity contribution in [2.45, 2.75) is 58.0 Å². The highest BCUT2D eigenvalue weighted by Gasteiger charge is 2.27. The van der Waals surface area contributed by atoms with Gasteiger partial charge in [0.25, 0.3) is 0 Å². The molecule has 0 aromatic heterocycles. The minimum atomic E-state index is -0.237. The number of aliphatic imine (C=N–C) groups is 1. The van der Waals surface area contributed by atoms with E-state index in [1.165, 1.54) is 31.4 Å². The van der Waals surface area contributed by atoms with Crippen molar-refractivity contribution in [3.63, 3.8) is 0 Å². The van der Waals surface area contributed by atoms with E-state index in [0.29, 0.717) is 11.8 Å². The molecule has 1 aliphatic carbocycles. The number of nitrogens with two attached hydrogens (primary N) is 1. The van der Waals surface area contributed by atoms with E-state index in [0.717, 1.165) is 37.6 Å². The molecule has 0 bridgehead atoms. The number of rotatable bonds is 2. The van der Waals surface area contributed by atoms with Crippen LogP contribution in [0.15, 0.2) is 29.3 Å². The van der Waals surface area contributed by atoms with Crippen molar-refractivity contribution in [3.05, 3.63) is 30.1 Å². The van der Waals surface area contributed by atoms with Crippen molar-refractivity contribution < 1.29 is 4.39 Å². The van der Waals surface area contributed by atoms with Crippen LogP contribution < -0.4 is 11.1 Å². The highest BCUT2D eigenvalue weighted by atomic mass is 19.1. The second-order valence-corrected chi connectivity index (χ2v) is 7.95. The smallest absolute Gasteiger partial charge is 0.198 e. The minimum absolute atomic E-state index is 0.123. The summed E-state index contributed by atoms with van der Waals surface area (Å²) in [4.78, 5) is 7.34. The first-order chi connectivity index (χ1) is 12.0. The molecule has 0 amide bonds. The lowest BCUT2D eigenvalue weighted by atomic mass is 9.91. The van der Waals surface area contributed by atoms with Crippen molar-refractivity contribution in [1.29, 1.82) is 0 Å². The van der Waals surface area contributed by atoms with Crippen LogP contribution >= 0.6 is 0 Å². The number of anilines is 1. The second-order valence-electron chi connectivity index (χ2n) is 7.95. The molecule has 4 nitrogen and oxygen atoms in total. The summed E-state index contributed by atoms with van der Waals surface area (Å²) in [5, 5.41) is 3.38. The average molecular weight is 346 g/mol. The van der Waals surface area contributed by atoms with E-state index in [9.17, 15) is 4.39 Å². The van der Waals surface area contributed by atoms with Gasteiger partial charge >= 0.3 is 0 Å². The maximum Gasteiger partial charge on any atom is 0.198 e. The molecule has 1 saturated heterocycles. The first-order valence-corrected chi connectivity index (χ1v) is 9.62. The van der Waals surface area contributed by atoms with Crippen LogP contribution in [0.5, 0.6) is 0 Å². The summed E-state index contributed by atoms with van der Waals surface area (Å²) in [6.07, 6.45) is 5.69. The molecule has 3 N–H and O–H groups in total. The molecule has 5 heteroatoms. The number of benzene rings is 1. The lowest BCUT2D eigenvalue weighted by Crippen LogP contribution is -2.47. The van der Waals surface area contributed by atoms with E-state index in [2.05, 4.69) is 24.1 Å². The standard InChI is InChI=1S/C20H31FN4/c1-14-10-15(2)13-25(12-14)20(23-17-7-5-6-16(21)11-17)24-19-9-4-3-8-18(19)22/h5-7,11,14-15,18-19H,3-4,8-10,12-13,22H2,1-2H3,(H,23,24)/t14?,15?,18-,19-/m0/s1. The summed E-state index contributed by atoms with van der Waals surface area (Å²) < 4.78 is 13.6. The summed E-state index contributed by atoms with van der Waals surface area (Å²) >= 11 is 0. The van der Waals surface area contributed by atoms with Gasteiger partial charge in [-0.25, -0.2) is 9.38 Å². The largest absolute Gasteiger partial charge is 0.342 e. The molecule has 4 atom stereocenters. The van der Waals surface area contributed by atoms with Crippen molar-refractivity contribution in [2.24, 2.45) is 22.6 Å². The molecule has 1 aromatic rings. The first-order valence-electron chi connectivity index (χ1n) is 9.62. The van der Waals surface area contributed by atoms with Crippen molar-refractivity contribution >= 4 is 11.6 Å². The third-order valence-electron chi connectivity index (χ3n) is 5.32. The normalized spacial score (nSPS) is 31.0. The van der Waals surface area contributed by atoms with Crippen LogP contribution in [0, 0.1) is 17.7 Å². The molecule has 0 spiro atoms. The summed E-state index contributed by atoms with van der Waals surface area (Å²) in [6.45, 7) is 6.53. The average Bonchev–Trinajstić information content (AvgIpc) is 2.55. The van der Waals surface area contributed by atoms with Crippen molar-refractivity contribution in [3.8, 4) is 0 Å². The van der Waals surface area contributed by atoms with Gasteiger partial charge in [-0.3, -0.25) is 0 Å². The fourth-order valence-electron chi connectivity index (χ4n) is 4.18. The van der Waals surface area contributed by atoms with Crippen LogP contribution in [0.1, 0.15) is 46.0 Å².